The monoisotopic (exact) mass is 516 g/mol. The van der Waals surface area contributed by atoms with Gasteiger partial charge < -0.3 is 9.84 Å². The van der Waals surface area contributed by atoms with Gasteiger partial charge in [-0.25, -0.2) is 13.4 Å². The summed E-state index contributed by atoms with van der Waals surface area (Å²) >= 11 is 1.11. The van der Waals surface area contributed by atoms with E-state index in [4.69, 9.17) is 4.74 Å². The lowest BCUT2D eigenvalue weighted by Crippen LogP contribution is -2.17. The van der Waals surface area contributed by atoms with Gasteiger partial charge in [0, 0.05) is 11.1 Å². The molecule has 12 heteroatoms. The first-order valence-electron chi connectivity index (χ1n) is 10.2. The average molecular weight is 517 g/mol. The maximum absolute atomic E-state index is 13.6. The van der Waals surface area contributed by atoms with Gasteiger partial charge in [0.2, 0.25) is 0 Å². The molecule has 184 valence electrons. The van der Waals surface area contributed by atoms with Crippen molar-refractivity contribution in [2.24, 2.45) is 0 Å². The van der Waals surface area contributed by atoms with Crippen molar-refractivity contribution >= 4 is 27.1 Å². The summed E-state index contributed by atoms with van der Waals surface area (Å²) in [7, 11) is -3.62. The number of nitrogens with zero attached hydrogens (tertiary/aromatic N) is 2. The fourth-order valence-electron chi connectivity index (χ4n) is 3.52. The Balaban J connectivity index is 2.15. The summed E-state index contributed by atoms with van der Waals surface area (Å²) in [6.07, 6.45) is -3.69. The molecule has 0 bridgehead atoms. The highest BCUT2D eigenvalue weighted by molar-refractivity contribution is 7.90. The molecule has 3 rings (SSSR count). The number of hydrogen-bond acceptors (Lipinski definition) is 7. The van der Waals surface area contributed by atoms with Gasteiger partial charge in [-0.1, -0.05) is 12.1 Å². The zero-order valence-corrected chi connectivity index (χ0v) is 20.4. The Morgan fingerprint density at radius 2 is 1.94 bits per heavy atom. The number of carbonyl (C=O) groups excluding carboxylic acids is 1. The number of sulfone groups is 1. The molecule has 3 aromatic rings. The number of halogens is 3. The van der Waals surface area contributed by atoms with Crippen LogP contribution < -0.4 is 0 Å². The molecule has 0 aliphatic heterocycles. The molecule has 1 aromatic carbocycles. The van der Waals surface area contributed by atoms with Gasteiger partial charge in [-0.05, 0) is 50.1 Å². The van der Waals surface area contributed by atoms with Crippen LogP contribution in [0.25, 0.3) is 15.4 Å². The molecule has 2 aromatic heterocycles. The van der Waals surface area contributed by atoms with Crippen LogP contribution in [0.1, 0.15) is 42.5 Å². The second-order valence-electron chi connectivity index (χ2n) is 7.60. The van der Waals surface area contributed by atoms with Crippen molar-refractivity contribution in [1.29, 1.82) is 0 Å². The van der Waals surface area contributed by atoms with Crippen LogP contribution in [0.4, 0.5) is 13.2 Å². The maximum atomic E-state index is 13.6. The quantitative estimate of drug-likeness (QED) is 0.465. The van der Waals surface area contributed by atoms with E-state index in [9.17, 15) is 31.5 Å². The summed E-state index contributed by atoms with van der Waals surface area (Å²) in [4.78, 5) is 16.6. The number of rotatable bonds is 7. The summed E-state index contributed by atoms with van der Waals surface area (Å²) in [5, 5.41) is 9.83. The van der Waals surface area contributed by atoms with Crippen LogP contribution in [-0.2, 0) is 32.2 Å². The van der Waals surface area contributed by atoms with Gasteiger partial charge in [-0.2, -0.15) is 13.2 Å². The predicted octanol–water partition coefficient (Wildman–Crippen LogP) is 4.49. The van der Waals surface area contributed by atoms with Crippen LogP contribution in [-0.4, -0.2) is 41.9 Å². The zero-order valence-electron chi connectivity index (χ0n) is 18.8. The van der Waals surface area contributed by atoms with Gasteiger partial charge in [0.1, 0.15) is 16.7 Å². The number of aromatic nitrogens is 2. The maximum Gasteiger partial charge on any atom is 0.435 e. The first-order valence-corrected chi connectivity index (χ1v) is 12.9. The third-order valence-electron chi connectivity index (χ3n) is 5.16. The van der Waals surface area contributed by atoms with Gasteiger partial charge in [-0.15, -0.1) is 11.3 Å². The second-order valence-corrected chi connectivity index (χ2v) is 10.6. The number of carbonyl (C=O) groups is 1. The van der Waals surface area contributed by atoms with Crippen molar-refractivity contribution in [3.63, 3.8) is 0 Å². The molecule has 0 aliphatic carbocycles. The Morgan fingerprint density at radius 1 is 1.26 bits per heavy atom. The van der Waals surface area contributed by atoms with Crippen molar-refractivity contribution in [2.45, 2.75) is 44.4 Å². The second kappa shape index (κ2) is 9.51. The van der Waals surface area contributed by atoms with E-state index in [1.165, 1.54) is 30.5 Å². The fourth-order valence-corrected chi connectivity index (χ4v) is 5.53. The van der Waals surface area contributed by atoms with Gasteiger partial charge in [0.15, 0.2) is 15.5 Å². The highest BCUT2D eigenvalue weighted by Gasteiger charge is 2.39. The van der Waals surface area contributed by atoms with Crippen molar-refractivity contribution < 1.29 is 36.2 Å². The fraction of sp³-hybridized carbons (Fsp3) is 0.364. The largest absolute Gasteiger partial charge is 0.465 e. The lowest BCUT2D eigenvalue weighted by atomic mass is 10.1. The first kappa shape index (κ1) is 25.9. The number of aliphatic hydroxyl groups excluding tert-OH is 1. The highest BCUT2D eigenvalue weighted by atomic mass is 32.2. The third kappa shape index (κ3) is 5.03. The molecular weight excluding hydrogens is 493 g/mol. The Labute approximate surface area is 198 Å². The first-order chi connectivity index (χ1) is 15.8. The Morgan fingerprint density at radius 3 is 2.50 bits per heavy atom. The van der Waals surface area contributed by atoms with Crippen molar-refractivity contribution in [1.82, 2.24) is 9.55 Å². The Bertz CT molecular complexity index is 1330. The van der Waals surface area contributed by atoms with Gasteiger partial charge in [-0.3, -0.25) is 9.36 Å². The molecule has 0 spiro atoms. The van der Waals surface area contributed by atoms with Crippen LogP contribution in [0.5, 0.6) is 0 Å². The van der Waals surface area contributed by atoms with Crippen molar-refractivity contribution in [3.8, 4) is 15.4 Å². The van der Waals surface area contributed by atoms with Crippen molar-refractivity contribution in [2.75, 3.05) is 12.9 Å². The molecule has 0 fully saturated rings. The lowest BCUT2D eigenvalue weighted by molar-refractivity contribution is -0.145. The minimum atomic E-state index is -4.72. The molecule has 0 radical (unpaired) electrons. The molecule has 7 nitrogen and oxygen atoms in total. The summed E-state index contributed by atoms with van der Waals surface area (Å²) < 4.78 is 71.3. The van der Waals surface area contributed by atoms with E-state index in [0.717, 1.165) is 17.6 Å². The molecule has 1 atom stereocenters. The standard InChI is InChI=1S/C22H23F3N2O5S2/c1-5-32-21(29)12(2)20-26-19(22(23,24)25)13(3)27(20)18-9-8-16(33-18)14-6-7-15(11-28)17(10-14)34(4,30)31/h6-10,12,28H,5,11H2,1-4H3. The smallest absolute Gasteiger partial charge is 0.435 e. The molecule has 0 amide bonds. The summed E-state index contributed by atoms with van der Waals surface area (Å²) in [6.45, 7) is 3.92. The van der Waals surface area contributed by atoms with Crippen molar-refractivity contribution in [3.05, 3.63) is 53.1 Å². The normalized spacial score (nSPS) is 13.2. The molecular formula is C22H23F3N2O5S2. The SMILES string of the molecule is CCOC(=O)C(C)c1nc(C(F)(F)F)c(C)n1-c1ccc(-c2ccc(CO)c(S(C)(=O)=O)c2)s1. The molecule has 1 unspecified atom stereocenters. The van der Waals surface area contributed by atoms with Crippen LogP contribution in [0.15, 0.2) is 35.2 Å². The molecule has 0 aliphatic rings. The number of benzene rings is 1. The average Bonchev–Trinajstić information content (AvgIpc) is 3.36. The molecule has 1 N–H and O–H groups in total. The number of esters is 1. The van der Waals surface area contributed by atoms with E-state index >= 15 is 0 Å². The highest BCUT2D eigenvalue weighted by Crippen LogP contribution is 2.38. The molecule has 0 saturated carbocycles. The minimum absolute atomic E-state index is 0.0303. The number of imidazole rings is 1. The van der Waals surface area contributed by atoms with E-state index < -0.39 is 40.2 Å². The summed E-state index contributed by atoms with van der Waals surface area (Å²) in [5.41, 5.74) is -0.517. The predicted molar refractivity (Wildman–Crippen MR) is 121 cm³/mol. The zero-order chi connectivity index (χ0) is 25.4. The Kier molecular flexibility index (Phi) is 7.25. The van der Waals surface area contributed by atoms with Crippen LogP contribution in [0, 0.1) is 6.92 Å². The van der Waals surface area contributed by atoms with E-state index in [0.29, 0.717) is 15.4 Å². The van der Waals surface area contributed by atoms with E-state index in [1.807, 2.05) is 0 Å². The van der Waals surface area contributed by atoms with E-state index in [2.05, 4.69) is 4.98 Å². The third-order valence-corrected chi connectivity index (χ3v) is 7.46. The summed E-state index contributed by atoms with van der Waals surface area (Å²) in [5.74, 6) is -1.86. The number of hydrogen-bond donors (Lipinski definition) is 1. The number of thiophene rings is 1. The lowest BCUT2D eigenvalue weighted by Gasteiger charge is -2.13. The van der Waals surface area contributed by atoms with Crippen LogP contribution in [0.3, 0.4) is 0 Å². The number of ether oxygens (including phenoxy) is 1. The van der Waals surface area contributed by atoms with Gasteiger partial charge in [0.05, 0.1) is 23.8 Å². The number of aliphatic hydroxyl groups is 1. The van der Waals surface area contributed by atoms with Gasteiger partial charge >= 0.3 is 12.1 Å². The van der Waals surface area contributed by atoms with E-state index in [-0.39, 0.29) is 28.6 Å². The van der Waals surface area contributed by atoms with Crippen LogP contribution in [0.2, 0.25) is 0 Å². The molecule has 34 heavy (non-hydrogen) atoms. The summed E-state index contributed by atoms with van der Waals surface area (Å²) in [6, 6.07) is 7.76. The molecule has 0 saturated heterocycles. The minimum Gasteiger partial charge on any atom is -0.465 e. The van der Waals surface area contributed by atoms with Gasteiger partial charge in [0.25, 0.3) is 0 Å². The molecule has 2 heterocycles. The topological polar surface area (TPSA) is 98.5 Å². The van der Waals surface area contributed by atoms with E-state index in [1.54, 1.807) is 25.1 Å². The number of alkyl halides is 3. The Hall–Kier alpha value is -2.70. The van der Waals surface area contributed by atoms with Crippen LogP contribution >= 0.6 is 11.3 Å².